The Kier molecular flexibility index (Phi) is 2.94. The SMILES string of the molecule is Cl.NC1(C(=O)Nc2nc(C3CC3)cs2)CC1. The molecule has 6 heteroatoms. The fraction of sp³-hybridized carbons (Fsp3) is 0.600. The molecular weight excluding hydrogens is 246 g/mol. The van der Waals surface area contributed by atoms with Gasteiger partial charge in [0.15, 0.2) is 5.13 Å². The van der Waals surface area contributed by atoms with Gasteiger partial charge in [-0.3, -0.25) is 4.79 Å². The number of thiazole rings is 1. The van der Waals surface area contributed by atoms with Crippen LogP contribution in [0.2, 0.25) is 0 Å². The summed E-state index contributed by atoms with van der Waals surface area (Å²) in [6.45, 7) is 0. The van der Waals surface area contributed by atoms with Gasteiger partial charge < -0.3 is 11.1 Å². The van der Waals surface area contributed by atoms with Crippen LogP contribution in [0.15, 0.2) is 5.38 Å². The number of hydrogen-bond acceptors (Lipinski definition) is 4. The van der Waals surface area contributed by atoms with E-state index >= 15 is 0 Å². The van der Waals surface area contributed by atoms with Gasteiger partial charge in [0.1, 0.15) is 0 Å². The molecule has 0 saturated heterocycles. The van der Waals surface area contributed by atoms with Gasteiger partial charge in [-0.25, -0.2) is 4.98 Å². The zero-order valence-corrected chi connectivity index (χ0v) is 10.4. The number of hydrogen-bond donors (Lipinski definition) is 2. The number of halogens is 1. The van der Waals surface area contributed by atoms with Crippen LogP contribution >= 0.6 is 23.7 Å². The number of rotatable bonds is 3. The Morgan fingerprint density at radius 3 is 2.81 bits per heavy atom. The van der Waals surface area contributed by atoms with E-state index in [-0.39, 0.29) is 18.3 Å². The number of aromatic nitrogens is 1. The van der Waals surface area contributed by atoms with Crippen LogP contribution in [-0.2, 0) is 4.79 Å². The molecule has 2 saturated carbocycles. The van der Waals surface area contributed by atoms with E-state index in [4.69, 9.17) is 5.73 Å². The van der Waals surface area contributed by atoms with Gasteiger partial charge in [-0.05, 0) is 25.7 Å². The summed E-state index contributed by atoms with van der Waals surface area (Å²) in [6, 6.07) is 0. The van der Waals surface area contributed by atoms with Gasteiger partial charge in [-0.1, -0.05) is 0 Å². The van der Waals surface area contributed by atoms with Crippen molar-refractivity contribution in [3.05, 3.63) is 11.1 Å². The third-order valence-corrected chi connectivity index (χ3v) is 3.75. The van der Waals surface area contributed by atoms with E-state index in [1.165, 1.54) is 24.2 Å². The monoisotopic (exact) mass is 259 g/mol. The maximum Gasteiger partial charge on any atom is 0.246 e. The van der Waals surface area contributed by atoms with E-state index in [0.29, 0.717) is 11.0 Å². The summed E-state index contributed by atoms with van der Waals surface area (Å²) >= 11 is 1.49. The molecule has 0 aromatic carbocycles. The number of amides is 1. The summed E-state index contributed by atoms with van der Waals surface area (Å²) in [5.41, 5.74) is 6.30. The van der Waals surface area contributed by atoms with Crippen molar-refractivity contribution in [2.24, 2.45) is 5.73 Å². The van der Waals surface area contributed by atoms with Crippen LogP contribution < -0.4 is 11.1 Å². The Morgan fingerprint density at radius 2 is 2.25 bits per heavy atom. The van der Waals surface area contributed by atoms with Crippen LogP contribution in [0, 0.1) is 0 Å². The van der Waals surface area contributed by atoms with E-state index < -0.39 is 5.54 Å². The predicted octanol–water partition coefficient (Wildman–Crippen LogP) is 1.87. The fourth-order valence-corrected chi connectivity index (χ4v) is 2.28. The second-order valence-corrected chi connectivity index (χ2v) is 5.32. The van der Waals surface area contributed by atoms with Gasteiger partial charge in [0, 0.05) is 11.3 Å². The van der Waals surface area contributed by atoms with Gasteiger partial charge in [-0.2, -0.15) is 0 Å². The molecule has 2 aliphatic carbocycles. The number of nitrogens with zero attached hydrogens (tertiary/aromatic N) is 1. The maximum atomic E-state index is 11.6. The normalized spacial score (nSPS) is 21.1. The summed E-state index contributed by atoms with van der Waals surface area (Å²) < 4.78 is 0. The molecule has 3 N–H and O–H groups in total. The molecule has 0 atom stereocenters. The zero-order valence-electron chi connectivity index (χ0n) is 8.73. The lowest BCUT2D eigenvalue weighted by Crippen LogP contribution is -2.37. The van der Waals surface area contributed by atoms with Crippen LogP contribution in [0.5, 0.6) is 0 Å². The van der Waals surface area contributed by atoms with Gasteiger partial charge in [0.2, 0.25) is 5.91 Å². The molecule has 0 spiro atoms. The van der Waals surface area contributed by atoms with Crippen LogP contribution in [0.1, 0.15) is 37.3 Å². The smallest absolute Gasteiger partial charge is 0.246 e. The van der Waals surface area contributed by atoms with E-state index in [1.54, 1.807) is 0 Å². The molecule has 88 valence electrons. The summed E-state index contributed by atoms with van der Waals surface area (Å²) in [7, 11) is 0. The maximum absolute atomic E-state index is 11.6. The molecule has 3 rings (SSSR count). The molecule has 1 aromatic rings. The number of carbonyl (C=O) groups excluding carboxylic acids is 1. The van der Waals surface area contributed by atoms with E-state index in [2.05, 4.69) is 10.3 Å². The summed E-state index contributed by atoms with van der Waals surface area (Å²) in [6.07, 6.45) is 4.05. The molecule has 16 heavy (non-hydrogen) atoms. The van der Waals surface area contributed by atoms with Crippen molar-refractivity contribution >= 4 is 34.8 Å². The Balaban J connectivity index is 0.000000963. The van der Waals surface area contributed by atoms with Crippen molar-refractivity contribution in [1.29, 1.82) is 0 Å². The van der Waals surface area contributed by atoms with E-state index in [9.17, 15) is 4.79 Å². The molecule has 1 amide bonds. The largest absolute Gasteiger partial charge is 0.317 e. The van der Waals surface area contributed by atoms with Gasteiger partial charge in [-0.15, -0.1) is 23.7 Å². The van der Waals surface area contributed by atoms with Crippen LogP contribution in [0.4, 0.5) is 5.13 Å². The third-order valence-electron chi connectivity index (χ3n) is 2.98. The Bertz CT molecular complexity index is 412. The van der Waals surface area contributed by atoms with Crippen molar-refractivity contribution < 1.29 is 4.79 Å². The van der Waals surface area contributed by atoms with E-state index in [0.717, 1.165) is 18.5 Å². The van der Waals surface area contributed by atoms with Crippen LogP contribution in [0.3, 0.4) is 0 Å². The Hall–Kier alpha value is -0.650. The van der Waals surface area contributed by atoms with Gasteiger partial charge in [0.05, 0.1) is 11.2 Å². The quantitative estimate of drug-likeness (QED) is 0.871. The third kappa shape index (κ3) is 2.21. The molecule has 0 aliphatic heterocycles. The lowest BCUT2D eigenvalue weighted by molar-refractivity contribution is -0.118. The molecule has 1 heterocycles. The average Bonchev–Trinajstić information content (AvgIpc) is 3.11. The number of carbonyl (C=O) groups is 1. The first-order chi connectivity index (χ1) is 7.17. The first-order valence-electron chi connectivity index (χ1n) is 5.23. The fourth-order valence-electron chi connectivity index (χ4n) is 1.49. The van der Waals surface area contributed by atoms with Gasteiger partial charge in [0.25, 0.3) is 0 Å². The van der Waals surface area contributed by atoms with Gasteiger partial charge >= 0.3 is 0 Å². The van der Waals surface area contributed by atoms with Crippen molar-refractivity contribution in [3.8, 4) is 0 Å². The van der Waals surface area contributed by atoms with Crippen molar-refractivity contribution in [3.63, 3.8) is 0 Å². The Morgan fingerprint density at radius 1 is 1.56 bits per heavy atom. The molecule has 0 unspecified atom stereocenters. The zero-order chi connectivity index (χ0) is 10.5. The van der Waals surface area contributed by atoms with E-state index in [1.807, 2.05) is 5.38 Å². The number of nitrogens with one attached hydrogen (secondary N) is 1. The lowest BCUT2D eigenvalue weighted by Gasteiger charge is -2.06. The first-order valence-corrected chi connectivity index (χ1v) is 6.11. The van der Waals surface area contributed by atoms with Crippen LogP contribution in [0.25, 0.3) is 0 Å². The topological polar surface area (TPSA) is 68.0 Å². The number of nitrogens with two attached hydrogens (primary N) is 1. The molecule has 2 aliphatic rings. The lowest BCUT2D eigenvalue weighted by atomic mass is 10.3. The van der Waals surface area contributed by atoms with Crippen molar-refractivity contribution in [2.45, 2.75) is 37.1 Å². The predicted molar refractivity (Wildman–Crippen MR) is 66.1 cm³/mol. The standard InChI is InChI=1S/C10H13N3OS.ClH/c11-10(3-4-10)8(14)13-9-12-7(5-15-9)6-1-2-6;/h5-6H,1-4,11H2,(H,12,13,14);1H. The minimum atomic E-state index is -0.606. The molecule has 2 fully saturated rings. The summed E-state index contributed by atoms with van der Waals surface area (Å²) in [5.74, 6) is 0.555. The second-order valence-electron chi connectivity index (χ2n) is 4.46. The highest BCUT2D eigenvalue weighted by Crippen LogP contribution is 2.41. The van der Waals surface area contributed by atoms with Crippen molar-refractivity contribution in [2.75, 3.05) is 5.32 Å². The van der Waals surface area contributed by atoms with Crippen molar-refractivity contribution in [1.82, 2.24) is 4.98 Å². The van der Waals surface area contributed by atoms with Crippen LogP contribution in [-0.4, -0.2) is 16.4 Å². The highest BCUT2D eigenvalue weighted by atomic mass is 35.5. The minimum absolute atomic E-state index is 0. The molecule has 4 nitrogen and oxygen atoms in total. The molecule has 0 radical (unpaired) electrons. The first kappa shape index (κ1) is 11.8. The summed E-state index contributed by atoms with van der Waals surface area (Å²) in [5, 5.41) is 5.52. The number of anilines is 1. The molecular formula is C10H14ClN3OS. The molecule has 0 bridgehead atoms. The molecule has 1 aromatic heterocycles. The highest BCUT2D eigenvalue weighted by Gasteiger charge is 2.46. The highest BCUT2D eigenvalue weighted by molar-refractivity contribution is 7.14. The average molecular weight is 260 g/mol. The second kappa shape index (κ2) is 3.98. The Labute approximate surface area is 104 Å². The minimum Gasteiger partial charge on any atom is -0.317 e. The summed E-state index contributed by atoms with van der Waals surface area (Å²) in [4.78, 5) is 16.0.